The summed E-state index contributed by atoms with van der Waals surface area (Å²) in [6, 6.07) is 25.9. The summed E-state index contributed by atoms with van der Waals surface area (Å²) >= 11 is 5.26. The molecular formula is C23H23N3OS. The lowest BCUT2D eigenvalue weighted by Crippen LogP contribution is -2.24. The Morgan fingerprint density at radius 2 is 1.61 bits per heavy atom. The summed E-state index contributed by atoms with van der Waals surface area (Å²) in [5.41, 5.74) is 8.02. The number of anilines is 1. The smallest absolute Gasteiger partial charge is 0.191 e. The van der Waals surface area contributed by atoms with E-state index in [4.69, 9.17) is 17.0 Å². The zero-order chi connectivity index (χ0) is 19.8. The third kappa shape index (κ3) is 5.93. The van der Waals surface area contributed by atoms with Crippen LogP contribution < -0.4 is 15.5 Å². The lowest BCUT2D eigenvalue weighted by Gasteiger charge is -2.09. The molecule has 3 rings (SSSR count). The second kappa shape index (κ2) is 9.67. The third-order valence-corrected chi connectivity index (χ3v) is 4.35. The molecule has 0 saturated heterocycles. The first kappa shape index (κ1) is 19.6. The van der Waals surface area contributed by atoms with Crippen LogP contribution in [0.15, 0.2) is 84.0 Å². The molecular weight excluding hydrogens is 366 g/mol. The molecule has 0 amide bonds. The van der Waals surface area contributed by atoms with E-state index < -0.39 is 0 Å². The maximum absolute atomic E-state index is 5.84. The van der Waals surface area contributed by atoms with E-state index in [1.165, 1.54) is 5.56 Å². The van der Waals surface area contributed by atoms with Crippen molar-refractivity contribution in [3.8, 4) is 5.75 Å². The number of para-hydroxylation sites is 1. The first-order chi connectivity index (χ1) is 13.6. The van der Waals surface area contributed by atoms with Crippen molar-refractivity contribution in [1.29, 1.82) is 0 Å². The van der Waals surface area contributed by atoms with Gasteiger partial charge in [-0.1, -0.05) is 48.0 Å². The Labute approximate surface area is 171 Å². The first-order valence-corrected chi connectivity index (χ1v) is 9.46. The van der Waals surface area contributed by atoms with Gasteiger partial charge in [0.25, 0.3) is 0 Å². The molecule has 5 heteroatoms. The van der Waals surface area contributed by atoms with E-state index in [9.17, 15) is 0 Å². The van der Waals surface area contributed by atoms with Crippen molar-refractivity contribution in [3.63, 3.8) is 0 Å². The van der Waals surface area contributed by atoms with Gasteiger partial charge in [0.15, 0.2) is 5.11 Å². The number of benzene rings is 3. The number of nitrogens with one attached hydrogen (secondary N) is 2. The van der Waals surface area contributed by atoms with Gasteiger partial charge in [-0.15, -0.1) is 0 Å². The molecule has 0 atom stereocenters. The van der Waals surface area contributed by atoms with Crippen LogP contribution in [0.25, 0.3) is 0 Å². The van der Waals surface area contributed by atoms with Crippen molar-refractivity contribution in [1.82, 2.24) is 5.43 Å². The molecule has 0 aromatic heterocycles. The minimum Gasteiger partial charge on any atom is -0.489 e. The highest BCUT2D eigenvalue weighted by atomic mass is 32.1. The van der Waals surface area contributed by atoms with Crippen LogP contribution in [-0.2, 0) is 6.61 Å². The zero-order valence-corrected chi connectivity index (χ0v) is 16.8. The van der Waals surface area contributed by atoms with Gasteiger partial charge in [-0.2, -0.15) is 5.10 Å². The van der Waals surface area contributed by atoms with Gasteiger partial charge in [-0.25, -0.2) is 0 Å². The summed E-state index contributed by atoms with van der Waals surface area (Å²) in [6.45, 7) is 4.56. The van der Waals surface area contributed by atoms with E-state index in [1.54, 1.807) is 0 Å². The van der Waals surface area contributed by atoms with Crippen molar-refractivity contribution in [2.24, 2.45) is 5.10 Å². The molecule has 0 aliphatic rings. The molecule has 2 N–H and O–H groups in total. The molecule has 0 radical (unpaired) electrons. The number of aryl methyl sites for hydroxylation is 1. The summed E-state index contributed by atoms with van der Waals surface area (Å²) in [7, 11) is 0. The number of rotatable bonds is 6. The quantitative estimate of drug-likeness (QED) is 0.342. The topological polar surface area (TPSA) is 45.7 Å². The molecule has 0 unspecified atom stereocenters. The van der Waals surface area contributed by atoms with Crippen molar-refractivity contribution in [2.45, 2.75) is 20.5 Å². The summed E-state index contributed by atoms with van der Waals surface area (Å²) in [5, 5.41) is 7.88. The number of hydrogen-bond acceptors (Lipinski definition) is 3. The van der Waals surface area contributed by atoms with Gasteiger partial charge in [0.2, 0.25) is 0 Å². The normalized spacial score (nSPS) is 11.0. The van der Waals surface area contributed by atoms with Gasteiger partial charge in [-0.05, 0) is 73.6 Å². The average molecular weight is 390 g/mol. The van der Waals surface area contributed by atoms with Gasteiger partial charge in [0, 0.05) is 5.69 Å². The number of hydrogen-bond donors (Lipinski definition) is 2. The molecule has 0 aliphatic carbocycles. The number of hydrazone groups is 1. The minimum absolute atomic E-state index is 0.448. The molecule has 4 nitrogen and oxygen atoms in total. The van der Waals surface area contributed by atoms with E-state index in [0.29, 0.717) is 11.7 Å². The van der Waals surface area contributed by atoms with E-state index >= 15 is 0 Å². The van der Waals surface area contributed by atoms with Crippen LogP contribution in [0, 0.1) is 6.92 Å². The SMILES string of the molecule is C/C(=N/NC(=S)Nc1ccccc1)c1ccc(OCc2ccc(C)cc2)cc1. The molecule has 3 aromatic rings. The lowest BCUT2D eigenvalue weighted by molar-refractivity contribution is 0.306. The van der Waals surface area contributed by atoms with Gasteiger partial charge < -0.3 is 10.1 Å². The lowest BCUT2D eigenvalue weighted by atomic mass is 10.1. The van der Waals surface area contributed by atoms with Gasteiger partial charge >= 0.3 is 0 Å². The zero-order valence-electron chi connectivity index (χ0n) is 16.0. The maximum atomic E-state index is 5.84. The van der Waals surface area contributed by atoms with E-state index in [-0.39, 0.29) is 0 Å². The standard InChI is InChI=1S/C23H23N3OS/c1-17-8-10-19(11-9-17)16-27-22-14-12-20(13-15-22)18(2)25-26-23(28)24-21-6-4-3-5-7-21/h3-15H,16H2,1-2H3,(H2,24,26,28)/b25-18-. The monoisotopic (exact) mass is 389 g/mol. The molecule has 0 saturated carbocycles. The Balaban J connectivity index is 1.52. The second-order valence-electron chi connectivity index (χ2n) is 6.43. The summed E-state index contributed by atoms with van der Waals surface area (Å²) in [4.78, 5) is 0. The van der Waals surface area contributed by atoms with Crippen LogP contribution in [0.5, 0.6) is 5.75 Å². The maximum Gasteiger partial charge on any atom is 0.191 e. The minimum atomic E-state index is 0.448. The Bertz CT molecular complexity index is 936. The van der Waals surface area contributed by atoms with E-state index in [0.717, 1.165) is 28.3 Å². The van der Waals surface area contributed by atoms with Crippen LogP contribution in [0.1, 0.15) is 23.6 Å². The molecule has 0 fully saturated rings. The van der Waals surface area contributed by atoms with Crippen LogP contribution in [0.2, 0.25) is 0 Å². The van der Waals surface area contributed by atoms with E-state index in [1.807, 2.05) is 61.5 Å². The highest BCUT2D eigenvalue weighted by molar-refractivity contribution is 7.80. The Kier molecular flexibility index (Phi) is 6.76. The molecule has 0 spiro atoms. The third-order valence-electron chi connectivity index (χ3n) is 4.16. The molecule has 3 aromatic carbocycles. The van der Waals surface area contributed by atoms with Gasteiger partial charge in [0.1, 0.15) is 12.4 Å². The predicted molar refractivity (Wildman–Crippen MR) is 120 cm³/mol. The first-order valence-electron chi connectivity index (χ1n) is 9.05. The van der Waals surface area contributed by atoms with Crippen LogP contribution in [0.3, 0.4) is 0 Å². The summed E-state index contributed by atoms with van der Waals surface area (Å²) < 4.78 is 5.84. The van der Waals surface area contributed by atoms with Gasteiger partial charge in [0.05, 0.1) is 5.71 Å². The number of ether oxygens (including phenoxy) is 1. The van der Waals surface area contributed by atoms with Crippen molar-refractivity contribution >= 4 is 28.7 Å². The van der Waals surface area contributed by atoms with Crippen molar-refractivity contribution < 1.29 is 4.74 Å². The largest absolute Gasteiger partial charge is 0.489 e. The van der Waals surface area contributed by atoms with E-state index in [2.05, 4.69) is 47.0 Å². The molecule has 28 heavy (non-hydrogen) atoms. The van der Waals surface area contributed by atoms with Crippen LogP contribution in [0.4, 0.5) is 5.69 Å². The molecule has 0 aliphatic heterocycles. The highest BCUT2D eigenvalue weighted by Crippen LogP contribution is 2.15. The van der Waals surface area contributed by atoms with Crippen LogP contribution in [-0.4, -0.2) is 10.8 Å². The fraction of sp³-hybridized carbons (Fsp3) is 0.130. The predicted octanol–water partition coefficient (Wildman–Crippen LogP) is 5.28. The average Bonchev–Trinajstić information content (AvgIpc) is 2.73. The number of nitrogens with zero attached hydrogens (tertiary/aromatic N) is 1. The second-order valence-corrected chi connectivity index (χ2v) is 6.84. The Hall–Kier alpha value is -3.18. The van der Waals surface area contributed by atoms with Crippen molar-refractivity contribution in [2.75, 3.05) is 5.32 Å². The Morgan fingerprint density at radius 3 is 2.29 bits per heavy atom. The molecule has 0 heterocycles. The molecule has 142 valence electrons. The van der Waals surface area contributed by atoms with Gasteiger partial charge in [-0.3, -0.25) is 5.43 Å². The Morgan fingerprint density at radius 1 is 0.929 bits per heavy atom. The fourth-order valence-corrected chi connectivity index (χ4v) is 2.69. The molecule has 0 bridgehead atoms. The summed E-state index contributed by atoms with van der Waals surface area (Å²) in [6.07, 6.45) is 0. The highest BCUT2D eigenvalue weighted by Gasteiger charge is 2.01. The van der Waals surface area contributed by atoms with Crippen LogP contribution >= 0.6 is 12.2 Å². The number of thiocarbonyl (C=S) groups is 1. The summed E-state index contributed by atoms with van der Waals surface area (Å²) in [5.74, 6) is 0.825. The van der Waals surface area contributed by atoms with Crippen molar-refractivity contribution in [3.05, 3.63) is 95.6 Å². The fourth-order valence-electron chi connectivity index (χ4n) is 2.52.